The lowest BCUT2D eigenvalue weighted by Crippen LogP contribution is -2.42. The van der Waals surface area contributed by atoms with Crippen molar-refractivity contribution >= 4 is 5.96 Å². The zero-order valence-electron chi connectivity index (χ0n) is 13.0. The van der Waals surface area contributed by atoms with Crippen LogP contribution in [0.2, 0.25) is 0 Å². The summed E-state index contributed by atoms with van der Waals surface area (Å²) in [5.74, 6) is 1.45. The summed E-state index contributed by atoms with van der Waals surface area (Å²) in [7, 11) is 0. The van der Waals surface area contributed by atoms with Crippen LogP contribution in [0.1, 0.15) is 25.3 Å². The molecular formula is C17H23N5. The standard InChI is InChI=1S/C17H23N5/c1-14-7-11-21(12-8-14)17(18)19-13-15-5-2-3-6-16(15)22-10-4-9-20-22/h2-6,9-10,14H,7-8,11-13H2,1H3,(H2,18,19). The van der Waals surface area contributed by atoms with E-state index in [1.807, 2.05) is 29.1 Å². The molecule has 0 aliphatic carbocycles. The molecule has 5 nitrogen and oxygen atoms in total. The highest BCUT2D eigenvalue weighted by Crippen LogP contribution is 2.17. The van der Waals surface area contributed by atoms with Crippen molar-refractivity contribution in [3.63, 3.8) is 0 Å². The van der Waals surface area contributed by atoms with Crippen molar-refractivity contribution in [1.29, 1.82) is 0 Å². The van der Waals surface area contributed by atoms with E-state index in [1.54, 1.807) is 6.20 Å². The minimum Gasteiger partial charge on any atom is -0.370 e. The maximum atomic E-state index is 6.16. The van der Waals surface area contributed by atoms with Crippen LogP contribution in [0.15, 0.2) is 47.7 Å². The van der Waals surface area contributed by atoms with Crippen LogP contribution in [-0.4, -0.2) is 33.7 Å². The van der Waals surface area contributed by atoms with Gasteiger partial charge in [0.2, 0.25) is 0 Å². The summed E-state index contributed by atoms with van der Waals surface area (Å²) in [6.45, 7) is 4.90. The third-order valence-electron chi connectivity index (χ3n) is 4.26. The Morgan fingerprint density at radius 3 is 2.77 bits per heavy atom. The van der Waals surface area contributed by atoms with Gasteiger partial charge in [0.05, 0.1) is 12.2 Å². The van der Waals surface area contributed by atoms with Gasteiger partial charge < -0.3 is 10.6 Å². The number of guanidine groups is 1. The Morgan fingerprint density at radius 1 is 1.27 bits per heavy atom. The lowest BCUT2D eigenvalue weighted by Gasteiger charge is -2.31. The van der Waals surface area contributed by atoms with Crippen LogP contribution >= 0.6 is 0 Å². The highest BCUT2D eigenvalue weighted by molar-refractivity contribution is 5.78. The number of nitrogens with two attached hydrogens (primary N) is 1. The highest BCUT2D eigenvalue weighted by Gasteiger charge is 2.17. The summed E-state index contributed by atoms with van der Waals surface area (Å²) in [4.78, 5) is 6.78. The van der Waals surface area contributed by atoms with Crippen LogP contribution in [0.4, 0.5) is 0 Å². The molecule has 0 amide bonds. The van der Waals surface area contributed by atoms with Crippen LogP contribution in [-0.2, 0) is 6.54 Å². The van der Waals surface area contributed by atoms with E-state index in [1.165, 1.54) is 12.8 Å². The van der Waals surface area contributed by atoms with Gasteiger partial charge in [-0.3, -0.25) is 0 Å². The van der Waals surface area contributed by atoms with Crippen molar-refractivity contribution in [2.24, 2.45) is 16.6 Å². The van der Waals surface area contributed by atoms with Gasteiger partial charge in [-0.05, 0) is 36.5 Å². The topological polar surface area (TPSA) is 59.4 Å². The molecule has 1 aromatic heterocycles. The Morgan fingerprint density at radius 2 is 2.05 bits per heavy atom. The van der Waals surface area contributed by atoms with Crippen LogP contribution in [0.25, 0.3) is 5.69 Å². The number of hydrogen-bond acceptors (Lipinski definition) is 2. The number of piperidine rings is 1. The van der Waals surface area contributed by atoms with Gasteiger partial charge in [0.25, 0.3) is 0 Å². The van der Waals surface area contributed by atoms with Crippen LogP contribution in [0.5, 0.6) is 0 Å². The second-order valence-electron chi connectivity index (χ2n) is 5.92. The predicted octanol–water partition coefficient (Wildman–Crippen LogP) is 2.42. The van der Waals surface area contributed by atoms with Gasteiger partial charge >= 0.3 is 0 Å². The first kappa shape index (κ1) is 14.6. The molecule has 2 heterocycles. The van der Waals surface area contributed by atoms with Gasteiger partial charge in [0.15, 0.2) is 5.96 Å². The molecule has 0 bridgehead atoms. The van der Waals surface area contributed by atoms with Crippen molar-refractivity contribution in [1.82, 2.24) is 14.7 Å². The molecule has 0 saturated carbocycles. The molecule has 1 saturated heterocycles. The highest BCUT2D eigenvalue weighted by atomic mass is 15.3. The quantitative estimate of drug-likeness (QED) is 0.699. The SMILES string of the molecule is CC1CCN(C(N)=NCc2ccccc2-n2cccn2)CC1. The fraction of sp³-hybridized carbons (Fsp3) is 0.412. The Labute approximate surface area is 131 Å². The molecule has 3 rings (SSSR count). The molecule has 1 fully saturated rings. The van der Waals surface area contributed by atoms with Crippen LogP contribution < -0.4 is 5.73 Å². The fourth-order valence-electron chi connectivity index (χ4n) is 2.78. The molecule has 5 heteroatoms. The Kier molecular flexibility index (Phi) is 4.42. The molecule has 1 aromatic carbocycles. The van der Waals surface area contributed by atoms with Gasteiger partial charge in [-0.1, -0.05) is 25.1 Å². The Balaban J connectivity index is 1.72. The number of likely N-dealkylation sites (tertiary alicyclic amines) is 1. The number of aromatic nitrogens is 2. The summed E-state index contributed by atoms with van der Waals surface area (Å²) in [5.41, 5.74) is 8.34. The smallest absolute Gasteiger partial charge is 0.191 e. The lowest BCUT2D eigenvalue weighted by atomic mass is 10.00. The maximum absolute atomic E-state index is 6.16. The molecule has 0 spiro atoms. The number of rotatable bonds is 3. The van der Waals surface area contributed by atoms with E-state index in [4.69, 9.17) is 5.73 Å². The Hall–Kier alpha value is -2.30. The third-order valence-corrected chi connectivity index (χ3v) is 4.26. The lowest BCUT2D eigenvalue weighted by molar-refractivity contribution is 0.277. The first-order chi connectivity index (χ1) is 10.7. The number of benzene rings is 1. The number of aliphatic imine (C=N–C) groups is 1. The molecule has 0 unspecified atom stereocenters. The van der Waals surface area contributed by atoms with E-state index in [0.717, 1.165) is 30.3 Å². The summed E-state index contributed by atoms with van der Waals surface area (Å²) in [5, 5.41) is 4.30. The normalized spacial score (nSPS) is 17.0. The van der Waals surface area contributed by atoms with Crippen LogP contribution in [0, 0.1) is 5.92 Å². The minimum absolute atomic E-state index is 0.577. The number of para-hydroxylation sites is 1. The van der Waals surface area contributed by atoms with Crippen molar-refractivity contribution in [3.8, 4) is 5.69 Å². The maximum Gasteiger partial charge on any atom is 0.191 e. The second-order valence-corrected chi connectivity index (χ2v) is 5.92. The summed E-state index contributed by atoms with van der Waals surface area (Å²) in [6, 6.07) is 10.1. The zero-order valence-corrected chi connectivity index (χ0v) is 13.0. The van der Waals surface area contributed by atoms with E-state index in [0.29, 0.717) is 12.5 Å². The second kappa shape index (κ2) is 6.64. The number of nitrogens with zero attached hydrogens (tertiary/aromatic N) is 4. The van der Waals surface area contributed by atoms with Gasteiger partial charge in [-0.25, -0.2) is 9.67 Å². The van der Waals surface area contributed by atoms with E-state index in [-0.39, 0.29) is 0 Å². The van der Waals surface area contributed by atoms with Gasteiger partial charge in [-0.2, -0.15) is 5.10 Å². The predicted molar refractivity (Wildman–Crippen MR) is 88.9 cm³/mol. The molecular weight excluding hydrogens is 274 g/mol. The average Bonchev–Trinajstić information content (AvgIpc) is 3.08. The van der Waals surface area contributed by atoms with Crippen LogP contribution in [0.3, 0.4) is 0 Å². The van der Waals surface area contributed by atoms with Gasteiger partial charge in [-0.15, -0.1) is 0 Å². The van der Waals surface area contributed by atoms with Crippen molar-refractivity contribution in [3.05, 3.63) is 48.3 Å². The Bertz CT molecular complexity index is 624. The largest absolute Gasteiger partial charge is 0.370 e. The summed E-state index contributed by atoms with van der Waals surface area (Å²) in [6.07, 6.45) is 6.11. The molecule has 2 N–H and O–H groups in total. The molecule has 1 aliphatic heterocycles. The fourth-order valence-corrected chi connectivity index (χ4v) is 2.78. The first-order valence-corrected chi connectivity index (χ1v) is 7.87. The van der Waals surface area contributed by atoms with Crippen molar-refractivity contribution < 1.29 is 0 Å². The third kappa shape index (κ3) is 3.30. The van der Waals surface area contributed by atoms with Crippen molar-refractivity contribution in [2.75, 3.05) is 13.1 Å². The van der Waals surface area contributed by atoms with E-state index in [9.17, 15) is 0 Å². The van der Waals surface area contributed by atoms with Gasteiger partial charge in [0, 0.05) is 25.5 Å². The summed E-state index contributed by atoms with van der Waals surface area (Å²) >= 11 is 0. The van der Waals surface area contributed by atoms with Crippen molar-refractivity contribution in [2.45, 2.75) is 26.3 Å². The molecule has 2 aromatic rings. The molecule has 0 radical (unpaired) electrons. The van der Waals surface area contributed by atoms with E-state index >= 15 is 0 Å². The molecule has 22 heavy (non-hydrogen) atoms. The molecule has 1 aliphatic rings. The zero-order chi connectivity index (χ0) is 15.4. The van der Waals surface area contributed by atoms with E-state index < -0.39 is 0 Å². The average molecular weight is 297 g/mol. The van der Waals surface area contributed by atoms with Gasteiger partial charge in [0.1, 0.15) is 0 Å². The first-order valence-electron chi connectivity index (χ1n) is 7.87. The summed E-state index contributed by atoms with van der Waals surface area (Å²) < 4.78 is 1.86. The minimum atomic E-state index is 0.577. The molecule has 0 atom stereocenters. The monoisotopic (exact) mass is 297 g/mol. The number of hydrogen-bond donors (Lipinski definition) is 1. The molecule has 116 valence electrons. The van der Waals surface area contributed by atoms with E-state index in [2.05, 4.69) is 34.0 Å².